The number of carbonyl (C=O) groups excluding carboxylic acids is 4. The average molecular weight is 484 g/mol. The highest BCUT2D eigenvalue weighted by Crippen LogP contribution is 2.37. The van der Waals surface area contributed by atoms with Crippen LogP contribution < -0.4 is 19.9 Å². The molecule has 0 amide bonds. The number of ether oxygens (including phenoxy) is 4. The first kappa shape index (κ1) is 25.9. The molecule has 2 atom stereocenters. The number of hydrogen-bond acceptors (Lipinski definition) is 9. The largest absolute Gasteiger partial charge is 0.454 e. The molecular formula is C26H29NO8. The third-order valence-electron chi connectivity index (χ3n) is 5.31. The van der Waals surface area contributed by atoms with Gasteiger partial charge in [-0.3, -0.25) is 19.2 Å². The lowest BCUT2D eigenvalue weighted by molar-refractivity contribution is -0.156. The molecule has 0 saturated heterocycles. The first-order valence-electron chi connectivity index (χ1n) is 11.1. The average Bonchev–Trinajstić information content (AvgIpc) is 2.72. The molecule has 35 heavy (non-hydrogen) atoms. The molecule has 186 valence electrons. The fraction of sp³-hybridized carbons (Fsp3) is 0.385. The summed E-state index contributed by atoms with van der Waals surface area (Å²) in [5.74, 6) is -2.03. The minimum absolute atomic E-state index is 0.0883. The number of likely N-dealkylation sites (N-methyl/N-ethyl adjacent to an activating group) is 1. The van der Waals surface area contributed by atoms with Crippen molar-refractivity contribution >= 4 is 46.8 Å². The van der Waals surface area contributed by atoms with Crippen molar-refractivity contribution in [1.29, 1.82) is 0 Å². The van der Waals surface area contributed by atoms with Crippen molar-refractivity contribution < 1.29 is 38.1 Å². The van der Waals surface area contributed by atoms with Gasteiger partial charge in [-0.2, -0.15) is 0 Å². The topological polar surface area (TPSA) is 108 Å². The zero-order valence-electron chi connectivity index (χ0n) is 20.7. The molecule has 0 saturated carbocycles. The van der Waals surface area contributed by atoms with Gasteiger partial charge >= 0.3 is 23.9 Å². The van der Waals surface area contributed by atoms with Crippen LogP contribution in [0.1, 0.15) is 33.3 Å². The monoisotopic (exact) mass is 483 g/mol. The van der Waals surface area contributed by atoms with E-state index in [0.717, 1.165) is 17.5 Å². The van der Waals surface area contributed by atoms with E-state index in [1.165, 1.54) is 27.7 Å². The number of nitrogens with zero attached hydrogens (tertiary/aromatic N) is 1. The summed E-state index contributed by atoms with van der Waals surface area (Å²) in [6, 6.07) is 5.44. The number of benzene rings is 2. The maximum atomic E-state index is 12.0. The van der Waals surface area contributed by atoms with Gasteiger partial charge in [0, 0.05) is 39.6 Å². The summed E-state index contributed by atoms with van der Waals surface area (Å²) < 4.78 is 21.8. The van der Waals surface area contributed by atoms with Crippen molar-refractivity contribution in [2.45, 2.75) is 46.3 Å². The second kappa shape index (κ2) is 10.7. The number of esters is 4. The van der Waals surface area contributed by atoms with E-state index in [9.17, 15) is 19.2 Å². The van der Waals surface area contributed by atoms with Gasteiger partial charge in [0.05, 0.1) is 0 Å². The van der Waals surface area contributed by atoms with Crippen molar-refractivity contribution in [3.05, 3.63) is 34.2 Å². The summed E-state index contributed by atoms with van der Waals surface area (Å²) in [6.45, 7) is 5.78. The van der Waals surface area contributed by atoms with Gasteiger partial charge < -0.3 is 23.8 Å². The Labute approximate surface area is 202 Å². The molecular weight excluding hydrogens is 454 g/mol. The molecule has 0 aromatic heterocycles. The van der Waals surface area contributed by atoms with E-state index >= 15 is 0 Å². The second-order valence-electron chi connectivity index (χ2n) is 8.58. The van der Waals surface area contributed by atoms with Crippen molar-refractivity contribution in [3.8, 4) is 11.5 Å². The Balaban J connectivity index is 2.41. The molecule has 1 aliphatic carbocycles. The van der Waals surface area contributed by atoms with Crippen LogP contribution in [0.5, 0.6) is 11.5 Å². The molecule has 0 N–H and O–H groups in total. The highest BCUT2D eigenvalue weighted by Gasteiger charge is 2.28. The Hall–Kier alpha value is -3.72. The quantitative estimate of drug-likeness (QED) is 0.424. The van der Waals surface area contributed by atoms with Crippen LogP contribution in [0.3, 0.4) is 0 Å². The number of carbonyl (C=O) groups is 4. The molecule has 0 radical (unpaired) electrons. The Kier molecular flexibility index (Phi) is 7.91. The van der Waals surface area contributed by atoms with Gasteiger partial charge in [-0.05, 0) is 60.1 Å². The van der Waals surface area contributed by atoms with E-state index in [4.69, 9.17) is 18.9 Å². The van der Waals surface area contributed by atoms with E-state index < -0.39 is 36.1 Å². The third-order valence-corrected chi connectivity index (χ3v) is 5.31. The van der Waals surface area contributed by atoms with Crippen LogP contribution in [-0.4, -0.2) is 61.6 Å². The number of hydrogen-bond donors (Lipinski definition) is 0. The summed E-state index contributed by atoms with van der Waals surface area (Å²) in [4.78, 5) is 49.4. The van der Waals surface area contributed by atoms with Gasteiger partial charge in [0.25, 0.3) is 0 Å². The Bertz CT molecular complexity index is 1310. The van der Waals surface area contributed by atoms with Gasteiger partial charge in [0.15, 0.2) is 23.7 Å². The van der Waals surface area contributed by atoms with Crippen LogP contribution in [0.4, 0.5) is 0 Å². The predicted octanol–water partition coefficient (Wildman–Crippen LogP) is 1.23. The fourth-order valence-corrected chi connectivity index (χ4v) is 4.04. The molecule has 2 aromatic rings. The standard InChI is InChI=1S/C26H29NO8/c1-14(28)32-22-11-18-7-8-20-19(9-10-27(5)6)12-24(34-16(3)30)26(35-17(4)31)25(20)21(18)13-23(22)33-15(2)29/h7-8,11-13,22-23H,9-10H2,1-6H3. The molecule has 2 aromatic carbocycles. The minimum Gasteiger partial charge on any atom is -0.454 e. The Morgan fingerprint density at radius 1 is 0.829 bits per heavy atom. The van der Waals surface area contributed by atoms with Crippen LogP contribution in [0.15, 0.2) is 18.2 Å². The molecule has 0 aliphatic heterocycles. The zero-order valence-corrected chi connectivity index (χ0v) is 20.7. The first-order chi connectivity index (χ1) is 16.5. The van der Waals surface area contributed by atoms with Crippen molar-refractivity contribution in [2.24, 2.45) is 0 Å². The number of rotatable bonds is 7. The van der Waals surface area contributed by atoms with Crippen molar-refractivity contribution in [3.63, 3.8) is 0 Å². The predicted molar refractivity (Wildman–Crippen MR) is 128 cm³/mol. The van der Waals surface area contributed by atoms with E-state index in [1.54, 1.807) is 18.2 Å². The third kappa shape index (κ3) is 6.24. The Morgan fingerprint density at radius 3 is 1.97 bits per heavy atom. The molecule has 0 fully saturated rings. The molecule has 9 heteroatoms. The smallest absolute Gasteiger partial charge is 0.308 e. The van der Waals surface area contributed by atoms with Gasteiger partial charge in [-0.1, -0.05) is 12.1 Å². The van der Waals surface area contributed by atoms with Crippen LogP contribution in [-0.2, 0) is 35.1 Å². The van der Waals surface area contributed by atoms with Crippen LogP contribution >= 0.6 is 0 Å². The van der Waals surface area contributed by atoms with Crippen LogP contribution in [0.2, 0.25) is 0 Å². The van der Waals surface area contributed by atoms with E-state index in [2.05, 4.69) is 0 Å². The number of fused-ring (bicyclic) bond motifs is 3. The second-order valence-corrected chi connectivity index (χ2v) is 8.58. The summed E-state index contributed by atoms with van der Waals surface area (Å²) in [6.07, 6.45) is 2.24. The van der Waals surface area contributed by atoms with Gasteiger partial charge in [0.1, 0.15) is 0 Å². The lowest BCUT2D eigenvalue weighted by Crippen LogP contribution is -2.42. The summed E-state index contributed by atoms with van der Waals surface area (Å²) in [5, 5.41) is 2.60. The molecule has 3 rings (SSSR count). The summed E-state index contributed by atoms with van der Waals surface area (Å²) in [7, 11) is 3.90. The Morgan fingerprint density at radius 2 is 1.43 bits per heavy atom. The van der Waals surface area contributed by atoms with E-state index in [-0.39, 0.29) is 11.5 Å². The SMILES string of the molecule is CC(=O)Oc1cc(CCN(C)C)c2ccc3c(c2c1OC(C)=O)=CC(OC(C)=O)C(OC(C)=O)C=3. The molecule has 2 unspecified atom stereocenters. The van der Waals surface area contributed by atoms with Crippen LogP contribution in [0, 0.1) is 0 Å². The van der Waals surface area contributed by atoms with Gasteiger partial charge in [-0.15, -0.1) is 0 Å². The fourth-order valence-electron chi connectivity index (χ4n) is 4.04. The highest BCUT2D eigenvalue weighted by atomic mass is 16.6. The molecule has 0 bridgehead atoms. The minimum atomic E-state index is -0.901. The van der Waals surface area contributed by atoms with E-state index in [0.29, 0.717) is 22.2 Å². The highest BCUT2D eigenvalue weighted by molar-refractivity contribution is 5.97. The van der Waals surface area contributed by atoms with E-state index in [1.807, 2.05) is 31.1 Å². The molecule has 1 aliphatic rings. The normalized spacial score (nSPS) is 16.5. The van der Waals surface area contributed by atoms with Crippen LogP contribution in [0.25, 0.3) is 22.9 Å². The van der Waals surface area contributed by atoms with Crippen molar-refractivity contribution in [1.82, 2.24) is 4.90 Å². The maximum absolute atomic E-state index is 12.0. The maximum Gasteiger partial charge on any atom is 0.308 e. The summed E-state index contributed by atoms with van der Waals surface area (Å²) in [5.41, 5.74) is 0.878. The molecule has 0 spiro atoms. The first-order valence-corrected chi connectivity index (χ1v) is 11.1. The van der Waals surface area contributed by atoms with Crippen molar-refractivity contribution in [2.75, 3.05) is 20.6 Å². The summed E-state index contributed by atoms with van der Waals surface area (Å²) >= 11 is 0. The van der Waals surface area contributed by atoms with Gasteiger partial charge in [-0.25, -0.2) is 0 Å². The lowest BCUT2D eigenvalue weighted by Gasteiger charge is -2.25. The molecule has 0 heterocycles. The zero-order chi connectivity index (χ0) is 25.9. The van der Waals surface area contributed by atoms with Gasteiger partial charge in [0.2, 0.25) is 0 Å². The lowest BCUT2D eigenvalue weighted by atomic mass is 9.93. The molecule has 9 nitrogen and oxygen atoms in total.